The number of nitrogens with one attached hydrogen (secondary N) is 2. The summed E-state index contributed by atoms with van der Waals surface area (Å²) >= 11 is 0. The van der Waals surface area contributed by atoms with Crippen LogP contribution in [0.4, 0.5) is 5.69 Å². The summed E-state index contributed by atoms with van der Waals surface area (Å²) in [6, 6.07) is 6.12. The van der Waals surface area contributed by atoms with Crippen molar-refractivity contribution in [3.05, 3.63) is 34.4 Å². The summed E-state index contributed by atoms with van der Waals surface area (Å²) in [7, 11) is 0. The molecular formula is C13H11N3O5. The molecule has 2 amide bonds. The molecule has 0 aliphatic carbocycles. The number of aromatic amines is 1. The number of fused-ring (bicyclic) bond motifs is 1. The molecule has 8 nitrogen and oxygen atoms in total. The van der Waals surface area contributed by atoms with Gasteiger partial charge in [0.05, 0.1) is 15.8 Å². The Morgan fingerprint density at radius 2 is 2.14 bits per heavy atom. The quantitative estimate of drug-likeness (QED) is 0.501. The van der Waals surface area contributed by atoms with E-state index in [1.807, 2.05) is 0 Å². The number of hydrogen-bond donors (Lipinski definition) is 2. The Labute approximate surface area is 118 Å². The molecule has 1 fully saturated rings. The van der Waals surface area contributed by atoms with Gasteiger partial charge < -0.3 is 9.72 Å². The molecule has 2 aromatic rings. The second-order valence-corrected chi connectivity index (χ2v) is 4.69. The van der Waals surface area contributed by atoms with Gasteiger partial charge in [-0.05, 0) is 6.07 Å². The van der Waals surface area contributed by atoms with Gasteiger partial charge in [0.2, 0.25) is 5.91 Å². The Morgan fingerprint density at radius 1 is 1.33 bits per heavy atom. The van der Waals surface area contributed by atoms with E-state index in [0.717, 1.165) is 0 Å². The summed E-state index contributed by atoms with van der Waals surface area (Å²) in [5.74, 6) is -0.569. The third-order valence-electron chi connectivity index (χ3n) is 3.27. The van der Waals surface area contributed by atoms with E-state index >= 15 is 0 Å². The summed E-state index contributed by atoms with van der Waals surface area (Å²) in [5.41, 5.74) is 0.508. The van der Waals surface area contributed by atoms with Gasteiger partial charge in [-0.1, -0.05) is 6.07 Å². The van der Waals surface area contributed by atoms with Crippen LogP contribution in [0.15, 0.2) is 24.3 Å². The van der Waals surface area contributed by atoms with Crippen LogP contribution in [0.5, 0.6) is 5.88 Å². The molecule has 0 saturated carbocycles. The van der Waals surface area contributed by atoms with Crippen molar-refractivity contribution in [1.82, 2.24) is 10.3 Å². The third kappa shape index (κ3) is 2.42. The maximum Gasteiger partial charge on any atom is 0.278 e. The minimum atomic E-state index is -0.783. The van der Waals surface area contributed by atoms with Gasteiger partial charge in [-0.25, -0.2) is 0 Å². The second kappa shape index (κ2) is 4.89. The number of amides is 2. The largest absolute Gasteiger partial charge is 0.466 e. The van der Waals surface area contributed by atoms with Crippen molar-refractivity contribution < 1.29 is 19.2 Å². The van der Waals surface area contributed by atoms with Crippen LogP contribution in [0.3, 0.4) is 0 Å². The van der Waals surface area contributed by atoms with Crippen molar-refractivity contribution in [3.63, 3.8) is 0 Å². The lowest BCUT2D eigenvalue weighted by atomic mass is 10.1. The van der Waals surface area contributed by atoms with E-state index in [0.29, 0.717) is 10.9 Å². The molecule has 8 heteroatoms. The molecule has 108 valence electrons. The van der Waals surface area contributed by atoms with Crippen molar-refractivity contribution in [2.75, 3.05) is 0 Å². The van der Waals surface area contributed by atoms with Crippen molar-refractivity contribution in [3.8, 4) is 5.88 Å². The number of carbonyl (C=O) groups excluding carboxylic acids is 2. The lowest BCUT2D eigenvalue weighted by Crippen LogP contribution is -2.46. The third-order valence-corrected chi connectivity index (χ3v) is 3.27. The molecule has 1 aliphatic heterocycles. The molecule has 1 aromatic heterocycles. The van der Waals surface area contributed by atoms with Gasteiger partial charge in [-0.3, -0.25) is 25.0 Å². The normalized spacial score (nSPS) is 18.6. The van der Waals surface area contributed by atoms with Crippen LogP contribution in [-0.4, -0.2) is 27.8 Å². The molecule has 0 spiro atoms. The number of H-pyrrole nitrogens is 1. The van der Waals surface area contributed by atoms with Crippen LogP contribution in [0.2, 0.25) is 0 Å². The average Bonchev–Trinajstić information content (AvgIpc) is 2.83. The highest BCUT2D eigenvalue weighted by molar-refractivity contribution is 6.00. The first-order valence-corrected chi connectivity index (χ1v) is 6.31. The summed E-state index contributed by atoms with van der Waals surface area (Å²) in [5, 5.41) is 13.5. The predicted octanol–water partition coefficient (Wildman–Crippen LogP) is 1.26. The molecule has 21 heavy (non-hydrogen) atoms. The van der Waals surface area contributed by atoms with Crippen LogP contribution >= 0.6 is 0 Å². The first kappa shape index (κ1) is 13.1. The SMILES string of the molecule is O=C1CCC(Oc2cc3c([N+](=O)[O-])cccc3[nH]2)C(=O)N1. The van der Waals surface area contributed by atoms with Crippen LogP contribution in [0.1, 0.15) is 12.8 Å². The van der Waals surface area contributed by atoms with Gasteiger partial charge in [0.15, 0.2) is 12.0 Å². The monoisotopic (exact) mass is 289 g/mol. The van der Waals surface area contributed by atoms with Crippen molar-refractivity contribution in [2.45, 2.75) is 18.9 Å². The lowest BCUT2D eigenvalue weighted by Gasteiger charge is -2.20. The summed E-state index contributed by atoms with van der Waals surface area (Å²) in [4.78, 5) is 36.0. The highest BCUT2D eigenvalue weighted by Gasteiger charge is 2.29. The number of nitro groups is 1. The highest BCUT2D eigenvalue weighted by atomic mass is 16.6. The molecule has 2 N–H and O–H groups in total. The Kier molecular flexibility index (Phi) is 3.05. The van der Waals surface area contributed by atoms with Crippen LogP contribution in [-0.2, 0) is 9.59 Å². The average molecular weight is 289 g/mol. The number of hydrogen-bond acceptors (Lipinski definition) is 5. The Bertz CT molecular complexity index is 751. The maximum absolute atomic E-state index is 11.6. The minimum absolute atomic E-state index is 0.0399. The van der Waals surface area contributed by atoms with Gasteiger partial charge in [0, 0.05) is 25.0 Å². The van der Waals surface area contributed by atoms with Gasteiger partial charge in [-0.2, -0.15) is 0 Å². The van der Waals surface area contributed by atoms with E-state index in [2.05, 4.69) is 10.3 Å². The van der Waals surface area contributed by atoms with Crippen LogP contribution in [0, 0.1) is 10.1 Å². The van der Waals surface area contributed by atoms with Crippen molar-refractivity contribution >= 4 is 28.4 Å². The molecule has 1 saturated heterocycles. The standard InChI is InChI=1S/C13H11N3O5/c17-11-5-4-10(13(18)15-11)21-12-6-7-8(14-12)2-1-3-9(7)16(19)20/h1-3,6,10,14H,4-5H2,(H,15,17,18). The number of benzene rings is 1. The first-order valence-electron chi connectivity index (χ1n) is 6.31. The number of aromatic nitrogens is 1. The molecule has 2 heterocycles. The Morgan fingerprint density at radius 3 is 2.86 bits per heavy atom. The number of imide groups is 1. The van der Waals surface area contributed by atoms with Crippen LogP contribution in [0.25, 0.3) is 10.9 Å². The molecule has 0 bridgehead atoms. The highest BCUT2D eigenvalue weighted by Crippen LogP contribution is 2.29. The summed E-state index contributed by atoms with van der Waals surface area (Å²) in [6.07, 6.45) is -0.298. The number of nitro benzene ring substituents is 1. The molecule has 1 aromatic carbocycles. The van der Waals surface area contributed by atoms with Crippen molar-refractivity contribution in [1.29, 1.82) is 0 Å². The molecule has 1 aliphatic rings. The van der Waals surface area contributed by atoms with E-state index in [1.54, 1.807) is 12.1 Å². The molecule has 3 rings (SSSR count). The summed E-state index contributed by atoms with van der Waals surface area (Å²) in [6.45, 7) is 0. The lowest BCUT2D eigenvalue weighted by molar-refractivity contribution is -0.383. The number of rotatable bonds is 3. The molecule has 1 atom stereocenters. The van der Waals surface area contributed by atoms with Crippen LogP contribution < -0.4 is 10.1 Å². The number of nitrogens with zero attached hydrogens (tertiary/aromatic N) is 1. The predicted molar refractivity (Wildman–Crippen MR) is 71.8 cm³/mol. The van der Waals surface area contributed by atoms with E-state index < -0.39 is 16.9 Å². The van der Waals surface area contributed by atoms with Gasteiger partial charge in [0.1, 0.15) is 0 Å². The number of piperidine rings is 1. The minimum Gasteiger partial charge on any atom is -0.466 e. The zero-order valence-corrected chi connectivity index (χ0v) is 10.8. The van der Waals surface area contributed by atoms with E-state index in [1.165, 1.54) is 12.1 Å². The fraction of sp³-hybridized carbons (Fsp3) is 0.231. The molecule has 0 radical (unpaired) electrons. The van der Waals surface area contributed by atoms with E-state index in [9.17, 15) is 19.7 Å². The topological polar surface area (TPSA) is 114 Å². The Balaban J connectivity index is 1.88. The van der Waals surface area contributed by atoms with E-state index in [4.69, 9.17) is 4.74 Å². The van der Waals surface area contributed by atoms with Gasteiger partial charge in [0.25, 0.3) is 11.6 Å². The molecule has 1 unspecified atom stereocenters. The molecular weight excluding hydrogens is 278 g/mol. The maximum atomic E-state index is 11.6. The zero-order valence-electron chi connectivity index (χ0n) is 10.8. The van der Waals surface area contributed by atoms with Crippen molar-refractivity contribution in [2.24, 2.45) is 0 Å². The van der Waals surface area contributed by atoms with Gasteiger partial charge >= 0.3 is 0 Å². The fourth-order valence-corrected chi connectivity index (χ4v) is 2.28. The number of non-ortho nitro benzene ring substituents is 1. The smallest absolute Gasteiger partial charge is 0.278 e. The fourth-order valence-electron chi connectivity index (χ4n) is 2.28. The Hall–Kier alpha value is -2.90. The zero-order chi connectivity index (χ0) is 15.0. The first-order chi connectivity index (χ1) is 10.0. The number of ether oxygens (including phenoxy) is 1. The van der Waals surface area contributed by atoms with Gasteiger partial charge in [-0.15, -0.1) is 0 Å². The summed E-state index contributed by atoms with van der Waals surface area (Å²) < 4.78 is 5.49. The van der Waals surface area contributed by atoms with E-state index in [-0.39, 0.29) is 30.3 Å². The second-order valence-electron chi connectivity index (χ2n) is 4.69. The number of carbonyl (C=O) groups is 2.